The molecule has 3 N–H and O–H groups in total. The number of hydrogen-bond donors (Lipinski definition) is 2. The van der Waals surface area contributed by atoms with Crippen LogP contribution in [0.3, 0.4) is 0 Å². The van der Waals surface area contributed by atoms with E-state index >= 15 is 0 Å². The summed E-state index contributed by atoms with van der Waals surface area (Å²) in [5.41, 5.74) is 8.61. The topological polar surface area (TPSA) is 49.5 Å². The van der Waals surface area contributed by atoms with E-state index in [-0.39, 0.29) is 12.6 Å². The first kappa shape index (κ1) is 13.5. The molecule has 3 nitrogen and oxygen atoms in total. The molecule has 100 valence electrons. The second kappa shape index (κ2) is 6.32. The SMILES string of the molecule is Cc1ccc(CN2CCCC(C(N)CO)C2)cc1. The minimum atomic E-state index is -0.0641. The van der Waals surface area contributed by atoms with E-state index < -0.39 is 0 Å². The Kier molecular flexibility index (Phi) is 4.75. The van der Waals surface area contributed by atoms with Gasteiger partial charge in [-0.15, -0.1) is 0 Å². The van der Waals surface area contributed by atoms with E-state index in [1.165, 1.54) is 17.5 Å². The summed E-state index contributed by atoms with van der Waals surface area (Å²) in [5, 5.41) is 9.15. The third kappa shape index (κ3) is 3.55. The van der Waals surface area contributed by atoms with Crippen LogP contribution in [0.15, 0.2) is 24.3 Å². The molecular weight excluding hydrogens is 224 g/mol. The van der Waals surface area contributed by atoms with Gasteiger partial charge in [-0.2, -0.15) is 0 Å². The summed E-state index contributed by atoms with van der Waals surface area (Å²) < 4.78 is 0. The summed E-state index contributed by atoms with van der Waals surface area (Å²) in [6.45, 7) is 5.36. The van der Waals surface area contributed by atoms with Gasteiger partial charge in [0, 0.05) is 19.1 Å². The third-order valence-corrected chi connectivity index (χ3v) is 3.89. The first-order chi connectivity index (χ1) is 8.69. The average molecular weight is 248 g/mol. The first-order valence-electron chi connectivity index (χ1n) is 6.83. The second-order valence-electron chi connectivity index (χ2n) is 5.47. The van der Waals surface area contributed by atoms with Gasteiger partial charge in [-0.25, -0.2) is 0 Å². The van der Waals surface area contributed by atoms with Gasteiger partial charge in [0.1, 0.15) is 0 Å². The van der Waals surface area contributed by atoms with E-state index in [2.05, 4.69) is 36.1 Å². The van der Waals surface area contributed by atoms with E-state index in [4.69, 9.17) is 10.8 Å². The van der Waals surface area contributed by atoms with Gasteiger partial charge >= 0.3 is 0 Å². The molecular formula is C15H24N2O. The number of nitrogens with zero attached hydrogens (tertiary/aromatic N) is 1. The molecule has 0 saturated carbocycles. The fourth-order valence-corrected chi connectivity index (χ4v) is 2.69. The van der Waals surface area contributed by atoms with E-state index in [1.807, 2.05) is 0 Å². The van der Waals surface area contributed by atoms with Crippen molar-refractivity contribution in [3.63, 3.8) is 0 Å². The van der Waals surface area contributed by atoms with Gasteiger partial charge in [0.05, 0.1) is 6.61 Å². The largest absolute Gasteiger partial charge is 0.395 e. The van der Waals surface area contributed by atoms with Gasteiger partial charge in [-0.1, -0.05) is 29.8 Å². The lowest BCUT2D eigenvalue weighted by Gasteiger charge is -2.35. The number of benzene rings is 1. The molecule has 0 spiro atoms. The average Bonchev–Trinajstić information content (AvgIpc) is 2.41. The van der Waals surface area contributed by atoms with Crippen molar-refractivity contribution in [2.24, 2.45) is 11.7 Å². The van der Waals surface area contributed by atoms with Gasteiger partial charge in [-0.3, -0.25) is 4.90 Å². The summed E-state index contributed by atoms with van der Waals surface area (Å²) in [6.07, 6.45) is 2.33. The molecule has 1 saturated heterocycles. The van der Waals surface area contributed by atoms with Crippen molar-refractivity contribution in [1.82, 2.24) is 4.90 Å². The maximum atomic E-state index is 9.15. The Hall–Kier alpha value is -0.900. The van der Waals surface area contributed by atoms with E-state index in [0.29, 0.717) is 5.92 Å². The standard InChI is InChI=1S/C15H24N2O/c1-12-4-6-13(7-5-12)9-17-8-2-3-14(10-17)15(16)11-18/h4-7,14-15,18H,2-3,8-11,16H2,1H3. The summed E-state index contributed by atoms with van der Waals surface area (Å²) in [7, 11) is 0. The Morgan fingerprint density at radius 2 is 2.11 bits per heavy atom. The van der Waals surface area contributed by atoms with Crippen molar-refractivity contribution in [3.05, 3.63) is 35.4 Å². The molecule has 1 aromatic rings. The van der Waals surface area contributed by atoms with Gasteiger partial charge < -0.3 is 10.8 Å². The molecule has 2 atom stereocenters. The van der Waals surface area contributed by atoms with E-state index in [9.17, 15) is 0 Å². The smallest absolute Gasteiger partial charge is 0.0585 e. The number of nitrogens with two attached hydrogens (primary N) is 1. The van der Waals surface area contributed by atoms with Crippen molar-refractivity contribution in [3.8, 4) is 0 Å². The lowest BCUT2D eigenvalue weighted by atomic mass is 9.91. The second-order valence-corrected chi connectivity index (χ2v) is 5.47. The Balaban J connectivity index is 1.91. The zero-order valence-corrected chi connectivity index (χ0v) is 11.2. The van der Waals surface area contributed by atoms with Gasteiger partial charge in [0.2, 0.25) is 0 Å². The highest BCUT2D eigenvalue weighted by atomic mass is 16.3. The molecule has 0 radical (unpaired) electrons. The Bertz CT molecular complexity index is 363. The number of rotatable bonds is 4. The molecule has 18 heavy (non-hydrogen) atoms. The fourth-order valence-electron chi connectivity index (χ4n) is 2.69. The Labute approximate surface area is 110 Å². The van der Waals surface area contributed by atoms with Crippen LogP contribution in [0, 0.1) is 12.8 Å². The molecule has 0 aliphatic carbocycles. The normalized spacial score (nSPS) is 22.9. The van der Waals surface area contributed by atoms with Crippen LogP contribution in [0.1, 0.15) is 24.0 Å². The van der Waals surface area contributed by atoms with Crippen molar-refractivity contribution in [1.29, 1.82) is 0 Å². The highest BCUT2D eigenvalue weighted by molar-refractivity contribution is 5.21. The monoisotopic (exact) mass is 248 g/mol. The van der Waals surface area contributed by atoms with Crippen molar-refractivity contribution in [2.75, 3.05) is 19.7 Å². The molecule has 2 rings (SSSR count). The Morgan fingerprint density at radius 3 is 2.78 bits per heavy atom. The summed E-state index contributed by atoms with van der Waals surface area (Å²) >= 11 is 0. The molecule has 1 aliphatic rings. The van der Waals surface area contributed by atoms with E-state index in [1.54, 1.807) is 0 Å². The van der Waals surface area contributed by atoms with Crippen LogP contribution < -0.4 is 5.73 Å². The molecule has 0 bridgehead atoms. The molecule has 2 unspecified atom stereocenters. The van der Waals surface area contributed by atoms with Gasteiger partial charge in [-0.05, 0) is 37.8 Å². The van der Waals surface area contributed by atoms with Crippen molar-refractivity contribution >= 4 is 0 Å². The summed E-state index contributed by atoms with van der Waals surface area (Å²) in [6, 6.07) is 8.66. The van der Waals surface area contributed by atoms with Crippen LogP contribution >= 0.6 is 0 Å². The lowest BCUT2D eigenvalue weighted by Crippen LogP contribution is -2.44. The number of hydrogen-bond acceptors (Lipinski definition) is 3. The zero-order chi connectivity index (χ0) is 13.0. The van der Waals surface area contributed by atoms with Crippen LogP contribution in [0.2, 0.25) is 0 Å². The molecule has 1 aliphatic heterocycles. The summed E-state index contributed by atoms with van der Waals surface area (Å²) in [5.74, 6) is 0.439. The predicted molar refractivity (Wildman–Crippen MR) is 74.2 cm³/mol. The summed E-state index contributed by atoms with van der Waals surface area (Å²) in [4.78, 5) is 2.45. The molecule has 0 amide bonds. The van der Waals surface area contributed by atoms with Crippen molar-refractivity contribution < 1.29 is 5.11 Å². The highest BCUT2D eigenvalue weighted by Gasteiger charge is 2.24. The van der Waals surface area contributed by atoms with Crippen LogP contribution in [-0.2, 0) is 6.54 Å². The predicted octanol–water partition coefficient (Wildman–Crippen LogP) is 1.53. The van der Waals surface area contributed by atoms with Crippen molar-refractivity contribution in [2.45, 2.75) is 32.4 Å². The number of aryl methyl sites for hydroxylation is 1. The minimum Gasteiger partial charge on any atom is -0.395 e. The van der Waals surface area contributed by atoms with Crippen LogP contribution in [-0.4, -0.2) is 35.7 Å². The first-order valence-corrected chi connectivity index (χ1v) is 6.83. The number of piperidine rings is 1. The zero-order valence-electron chi connectivity index (χ0n) is 11.2. The Morgan fingerprint density at radius 1 is 1.39 bits per heavy atom. The third-order valence-electron chi connectivity index (χ3n) is 3.89. The molecule has 1 aromatic carbocycles. The van der Waals surface area contributed by atoms with Gasteiger partial charge in [0.15, 0.2) is 0 Å². The number of aliphatic hydroxyl groups excluding tert-OH is 1. The molecule has 0 aromatic heterocycles. The quantitative estimate of drug-likeness (QED) is 0.849. The van der Waals surface area contributed by atoms with Crippen LogP contribution in [0.4, 0.5) is 0 Å². The molecule has 1 heterocycles. The van der Waals surface area contributed by atoms with Crippen LogP contribution in [0.5, 0.6) is 0 Å². The maximum absolute atomic E-state index is 9.15. The molecule has 1 fully saturated rings. The minimum absolute atomic E-state index is 0.0641. The lowest BCUT2D eigenvalue weighted by molar-refractivity contribution is 0.125. The van der Waals surface area contributed by atoms with Gasteiger partial charge in [0.25, 0.3) is 0 Å². The fraction of sp³-hybridized carbons (Fsp3) is 0.600. The maximum Gasteiger partial charge on any atom is 0.0585 e. The highest BCUT2D eigenvalue weighted by Crippen LogP contribution is 2.20. The molecule has 3 heteroatoms. The van der Waals surface area contributed by atoms with Crippen LogP contribution in [0.25, 0.3) is 0 Å². The van der Waals surface area contributed by atoms with E-state index in [0.717, 1.165) is 26.1 Å². The number of likely N-dealkylation sites (tertiary alicyclic amines) is 1. The number of aliphatic hydroxyl groups is 1.